The number of anilines is 2. The number of carbonyl (C=O) groups is 1. The number of hydrogen-bond donors (Lipinski definition) is 2. The molecule has 0 aliphatic heterocycles. The number of nitrogens with one attached hydrogen (secondary N) is 1. The van der Waals surface area contributed by atoms with Crippen LogP contribution in [-0.2, 0) is 4.79 Å². The summed E-state index contributed by atoms with van der Waals surface area (Å²) in [5.41, 5.74) is 6.89. The summed E-state index contributed by atoms with van der Waals surface area (Å²) in [4.78, 5) is 15.9. The lowest BCUT2D eigenvalue weighted by Gasteiger charge is -2.09. The fourth-order valence-corrected chi connectivity index (χ4v) is 2.81. The minimum absolute atomic E-state index is 0.114. The SMILES string of the molecule is COc1ccc(NC(=O)CSc2nccs2)c(N)c1. The van der Waals surface area contributed by atoms with Crippen LogP contribution in [0.3, 0.4) is 0 Å². The topological polar surface area (TPSA) is 77.2 Å². The molecule has 7 heteroatoms. The van der Waals surface area contributed by atoms with Crippen LogP contribution in [0.15, 0.2) is 34.1 Å². The van der Waals surface area contributed by atoms with Gasteiger partial charge in [-0.3, -0.25) is 4.79 Å². The van der Waals surface area contributed by atoms with Crippen LogP contribution in [-0.4, -0.2) is 23.8 Å². The zero-order valence-corrected chi connectivity index (χ0v) is 11.9. The van der Waals surface area contributed by atoms with Gasteiger partial charge in [0.2, 0.25) is 5.91 Å². The minimum atomic E-state index is -0.114. The highest BCUT2D eigenvalue weighted by atomic mass is 32.2. The fraction of sp³-hybridized carbons (Fsp3) is 0.167. The Bertz CT molecular complexity index is 558. The first-order valence-corrected chi connectivity index (χ1v) is 7.31. The second kappa shape index (κ2) is 6.44. The molecule has 0 bridgehead atoms. The number of methoxy groups -OCH3 is 1. The van der Waals surface area contributed by atoms with E-state index in [2.05, 4.69) is 10.3 Å². The van der Waals surface area contributed by atoms with E-state index in [1.165, 1.54) is 23.1 Å². The van der Waals surface area contributed by atoms with Gasteiger partial charge < -0.3 is 15.8 Å². The Morgan fingerprint density at radius 1 is 1.58 bits per heavy atom. The van der Waals surface area contributed by atoms with Gasteiger partial charge in [-0.25, -0.2) is 4.98 Å². The van der Waals surface area contributed by atoms with Crippen molar-refractivity contribution in [1.82, 2.24) is 4.98 Å². The Morgan fingerprint density at radius 3 is 3.05 bits per heavy atom. The van der Waals surface area contributed by atoms with Gasteiger partial charge in [0, 0.05) is 17.6 Å². The van der Waals surface area contributed by atoms with Gasteiger partial charge in [0.25, 0.3) is 0 Å². The number of thiazole rings is 1. The second-order valence-electron chi connectivity index (χ2n) is 3.59. The molecule has 1 heterocycles. The van der Waals surface area contributed by atoms with Crippen LogP contribution in [0.1, 0.15) is 0 Å². The molecule has 1 aromatic carbocycles. The number of hydrogen-bond acceptors (Lipinski definition) is 6. The van der Waals surface area contributed by atoms with E-state index in [-0.39, 0.29) is 5.91 Å². The van der Waals surface area contributed by atoms with Crippen molar-refractivity contribution in [2.75, 3.05) is 23.9 Å². The number of rotatable bonds is 5. The van der Waals surface area contributed by atoms with Crippen LogP contribution < -0.4 is 15.8 Å². The predicted octanol–water partition coefficient (Wildman–Crippen LogP) is 2.46. The van der Waals surface area contributed by atoms with E-state index in [0.717, 1.165) is 4.34 Å². The molecule has 1 amide bonds. The lowest BCUT2D eigenvalue weighted by molar-refractivity contribution is -0.113. The van der Waals surface area contributed by atoms with Crippen LogP contribution in [0.2, 0.25) is 0 Å². The van der Waals surface area contributed by atoms with Gasteiger partial charge in [-0.1, -0.05) is 11.8 Å². The molecular formula is C12H13N3O2S2. The maximum Gasteiger partial charge on any atom is 0.234 e. The Morgan fingerprint density at radius 2 is 2.42 bits per heavy atom. The first-order valence-electron chi connectivity index (χ1n) is 5.44. The molecule has 100 valence electrons. The molecule has 3 N–H and O–H groups in total. The molecule has 2 rings (SSSR count). The predicted molar refractivity (Wildman–Crippen MR) is 78.9 cm³/mol. The number of nitrogens with two attached hydrogens (primary N) is 1. The summed E-state index contributed by atoms with van der Waals surface area (Å²) < 4.78 is 5.92. The summed E-state index contributed by atoms with van der Waals surface area (Å²) in [5, 5.41) is 4.64. The Balaban J connectivity index is 1.91. The molecule has 2 aromatic rings. The van der Waals surface area contributed by atoms with Gasteiger partial charge in [-0.2, -0.15) is 0 Å². The molecule has 1 aromatic heterocycles. The zero-order valence-electron chi connectivity index (χ0n) is 10.3. The molecule has 0 saturated carbocycles. The van der Waals surface area contributed by atoms with Crippen molar-refractivity contribution in [1.29, 1.82) is 0 Å². The monoisotopic (exact) mass is 295 g/mol. The van der Waals surface area contributed by atoms with E-state index in [4.69, 9.17) is 10.5 Å². The summed E-state index contributed by atoms with van der Waals surface area (Å²) in [6, 6.07) is 5.14. The first-order chi connectivity index (χ1) is 9.19. The van der Waals surface area contributed by atoms with Crippen molar-refractivity contribution in [2.45, 2.75) is 4.34 Å². The number of ether oxygens (including phenoxy) is 1. The van der Waals surface area contributed by atoms with Crippen molar-refractivity contribution < 1.29 is 9.53 Å². The summed E-state index contributed by atoms with van der Waals surface area (Å²) in [5.74, 6) is 0.851. The van der Waals surface area contributed by atoms with Gasteiger partial charge >= 0.3 is 0 Å². The summed E-state index contributed by atoms with van der Waals surface area (Å²) >= 11 is 2.91. The molecule has 0 radical (unpaired) electrons. The fourth-order valence-electron chi connectivity index (χ4n) is 1.38. The highest BCUT2D eigenvalue weighted by molar-refractivity contribution is 8.01. The summed E-state index contributed by atoms with van der Waals surface area (Å²) in [7, 11) is 1.57. The van der Waals surface area contributed by atoms with Crippen LogP contribution in [0.5, 0.6) is 5.75 Å². The summed E-state index contributed by atoms with van der Waals surface area (Å²) in [6.07, 6.45) is 1.71. The molecule has 0 unspecified atom stereocenters. The van der Waals surface area contributed by atoms with Gasteiger partial charge in [-0.15, -0.1) is 11.3 Å². The van der Waals surface area contributed by atoms with E-state index in [1.54, 1.807) is 31.5 Å². The van der Waals surface area contributed by atoms with E-state index in [9.17, 15) is 4.79 Å². The van der Waals surface area contributed by atoms with Gasteiger partial charge in [0.05, 0.1) is 24.2 Å². The number of thioether (sulfide) groups is 1. The normalized spacial score (nSPS) is 10.2. The maximum absolute atomic E-state index is 11.8. The third-order valence-corrected chi connectivity index (χ3v) is 4.24. The standard InChI is InChI=1S/C12H13N3O2S2/c1-17-8-2-3-10(9(13)6-8)15-11(16)7-19-12-14-4-5-18-12/h2-6H,7,13H2,1H3,(H,15,16). The smallest absolute Gasteiger partial charge is 0.234 e. The van der Waals surface area contributed by atoms with E-state index < -0.39 is 0 Å². The molecule has 0 atom stereocenters. The molecule has 0 aliphatic carbocycles. The lowest BCUT2D eigenvalue weighted by Crippen LogP contribution is -2.15. The highest BCUT2D eigenvalue weighted by Gasteiger charge is 2.07. The number of nitrogens with zero attached hydrogens (tertiary/aromatic N) is 1. The third-order valence-electron chi connectivity index (χ3n) is 2.27. The Labute approximate surface area is 119 Å². The van der Waals surface area contributed by atoms with Crippen molar-refractivity contribution in [2.24, 2.45) is 0 Å². The van der Waals surface area contributed by atoms with Gasteiger partial charge in [0.15, 0.2) is 0 Å². The number of carbonyl (C=O) groups excluding carboxylic acids is 1. The quantitative estimate of drug-likeness (QED) is 0.654. The largest absolute Gasteiger partial charge is 0.497 e. The Kier molecular flexibility index (Phi) is 4.64. The van der Waals surface area contributed by atoms with Crippen LogP contribution in [0.25, 0.3) is 0 Å². The van der Waals surface area contributed by atoms with Crippen LogP contribution in [0.4, 0.5) is 11.4 Å². The number of benzene rings is 1. The van der Waals surface area contributed by atoms with E-state index in [1.807, 2.05) is 5.38 Å². The third kappa shape index (κ3) is 3.87. The molecular weight excluding hydrogens is 282 g/mol. The van der Waals surface area contributed by atoms with Gasteiger partial charge in [0.1, 0.15) is 10.1 Å². The maximum atomic E-state index is 11.8. The van der Waals surface area contributed by atoms with Crippen molar-refractivity contribution in [3.05, 3.63) is 29.8 Å². The first kappa shape index (κ1) is 13.7. The number of aromatic nitrogens is 1. The minimum Gasteiger partial charge on any atom is -0.497 e. The highest BCUT2D eigenvalue weighted by Crippen LogP contribution is 2.25. The lowest BCUT2D eigenvalue weighted by atomic mass is 10.2. The summed E-state index contributed by atoms with van der Waals surface area (Å²) in [6.45, 7) is 0. The van der Waals surface area contributed by atoms with E-state index >= 15 is 0 Å². The van der Waals surface area contributed by atoms with E-state index in [0.29, 0.717) is 22.9 Å². The van der Waals surface area contributed by atoms with Crippen molar-refractivity contribution in [3.63, 3.8) is 0 Å². The number of nitrogen functional groups attached to an aromatic ring is 1. The zero-order chi connectivity index (χ0) is 13.7. The second-order valence-corrected chi connectivity index (χ2v) is 5.71. The average Bonchev–Trinajstić information content (AvgIpc) is 2.92. The molecule has 0 aliphatic rings. The molecule has 0 spiro atoms. The van der Waals surface area contributed by atoms with Crippen molar-refractivity contribution >= 4 is 40.4 Å². The molecule has 0 saturated heterocycles. The molecule has 5 nitrogen and oxygen atoms in total. The van der Waals surface area contributed by atoms with Crippen molar-refractivity contribution in [3.8, 4) is 5.75 Å². The van der Waals surface area contributed by atoms with Crippen LogP contribution in [0, 0.1) is 0 Å². The number of amides is 1. The Hall–Kier alpha value is -1.73. The molecule has 19 heavy (non-hydrogen) atoms. The van der Waals surface area contributed by atoms with Crippen LogP contribution >= 0.6 is 23.1 Å². The average molecular weight is 295 g/mol. The van der Waals surface area contributed by atoms with Gasteiger partial charge in [-0.05, 0) is 12.1 Å². The molecule has 0 fully saturated rings.